The monoisotopic (exact) mass is 257 g/mol. The van der Waals surface area contributed by atoms with Gasteiger partial charge in [0.15, 0.2) is 0 Å². The van der Waals surface area contributed by atoms with Gasteiger partial charge in [-0.1, -0.05) is 0 Å². The van der Waals surface area contributed by atoms with Gasteiger partial charge in [0.05, 0.1) is 6.42 Å². The van der Waals surface area contributed by atoms with Gasteiger partial charge in [0.25, 0.3) is 0 Å². The molecule has 2 amide bonds. The molecule has 6 nitrogen and oxygen atoms in total. The molecule has 1 heterocycles. The van der Waals surface area contributed by atoms with Crippen LogP contribution in [0.4, 0.5) is 4.79 Å². The molecule has 0 aromatic heterocycles. The molecule has 18 heavy (non-hydrogen) atoms. The van der Waals surface area contributed by atoms with E-state index < -0.39 is 5.97 Å². The van der Waals surface area contributed by atoms with E-state index in [-0.39, 0.29) is 24.5 Å². The maximum atomic E-state index is 11.7. The first-order chi connectivity index (χ1) is 8.38. The Kier molecular flexibility index (Phi) is 5.40. The van der Waals surface area contributed by atoms with Crippen molar-refractivity contribution in [3.05, 3.63) is 0 Å². The number of likely N-dealkylation sites (tertiary alicyclic amines) is 1. The number of hydrogen-bond acceptors (Lipinski definition) is 3. The first kappa shape index (κ1) is 14.8. The van der Waals surface area contributed by atoms with Crippen LogP contribution in [0.1, 0.15) is 33.1 Å². The SMILES string of the molecule is CC(CC(=O)O)NC(=O)NC1CCN(C)C(C)C1. The fourth-order valence-corrected chi connectivity index (χ4v) is 2.18. The summed E-state index contributed by atoms with van der Waals surface area (Å²) in [5.74, 6) is -0.907. The predicted octanol–water partition coefficient (Wildman–Crippen LogP) is 0.632. The van der Waals surface area contributed by atoms with Gasteiger partial charge >= 0.3 is 12.0 Å². The minimum atomic E-state index is -0.907. The number of hydrogen-bond donors (Lipinski definition) is 3. The maximum absolute atomic E-state index is 11.7. The molecule has 0 spiro atoms. The molecule has 0 bridgehead atoms. The Morgan fingerprint density at radius 3 is 2.72 bits per heavy atom. The Morgan fingerprint density at radius 1 is 1.50 bits per heavy atom. The summed E-state index contributed by atoms with van der Waals surface area (Å²) in [6.45, 7) is 4.79. The predicted molar refractivity (Wildman–Crippen MR) is 68.5 cm³/mol. The lowest BCUT2D eigenvalue weighted by atomic mass is 9.99. The van der Waals surface area contributed by atoms with E-state index in [4.69, 9.17) is 5.11 Å². The van der Waals surface area contributed by atoms with Crippen LogP contribution >= 0.6 is 0 Å². The Balaban J connectivity index is 2.30. The van der Waals surface area contributed by atoms with Crippen LogP contribution in [0.25, 0.3) is 0 Å². The van der Waals surface area contributed by atoms with Crippen LogP contribution < -0.4 is 10.6 Å². The highest BCUT2D eigenvalue weighted by atomic mass is 16.4. The first-order valence-corrected chi connectivity index (χ1v) is 6.37. The Morgan fingerprint density at radius 2 is 2.17 bits per heavy atom. The van der Waals surface area contributed by atoms with Crippen molar-refractivity contribution in [1.29, 1.82) is 0 Å². The van der Waals surface area contributed by atoms with E-state index in [1.165, 1.54) is 0 Å². The van der Waals surface area contributed by atoms with E-state index in [0.717, 1.165) is 19.4 Å². The number of urea groups is 1. The number of amides is 2. The highest BCUT2D eigenvalue weighted by Gasteiger charge is 2.24. The van der Waals surface area contributed by atoms with Gasteiger partial charge < -0.3 is 20.6 Å². The summed E-state index contributed by atoms with van der Waals surface area (Å²) >= 11 is 0. The Bertz CT molecular complexity index is 309. The van der Waals surface area contributed by atoms with Crippen LogP contribution in [0.3, 0.4) is 0 Å². The van der Waals surface area contributed by atoms with Crippen molar-refractivity contribution in [3.63, 3.8) is 0 Å². The van der Waals surface area contributed by atoms with Crippen LogP contribution in [0, 0.1) is 0 Å². The normalized spacial score (nSPS) is 26.4. The second-order valence-electron chi connectivity index (χ2n) is 5.17. The van der Waals surface area contributed by atoms with Crippen molar-refractivity contribution in [3.8, 4) is 0 Å². The molecule has 0 aromatic carbocycles. The van der Waals surface area contributed by atoms with E-state index >= 15 is 0 Å². The van der Waals surface area contributed by atoms with Gasteiger partial charge in [0, 0.05) is 24.7 Å². The topological polar surface area (TPSA) is 81.7 Å². The maximum Gasteiger partial charge on any atom is 0.315 e. The molecule has 104 valence electrons. The van der Waals surface area contributed by atoms with E-state index in [1.807, 2.05) is 0 Å². The van der Waals surface area contributed by atoms with Crippen LogP contribution in [0.2, 0.25) is 0 Å². The lowest BCUT2D eigenvalue weighted by molar-refractivity contribution is -0.137. The lowest BCUT2D eigenvalue weighted by Gasteiger charge is -2.35. The number of carbonyl (C=O) groups is 2. The number of carbonyl (C=O) groups excluding carboxylic acids is 1. The third-order valence-electron chi connectivity index (χ3n) is 3.40. The number of carboxylic acids is 1. The van der Waals surface area contributed by atoms with Gasteiger partial charge in [0.2, 0.25) is 0 Å². The molecule has 3 N–H and O–H groups in total. The van der Waals surface area contributed by atoms with E-state index in [1.54, 1.807) is 6.92 Å². The van der Waals surface area contributed by atoms with Gasteiger partial charge in [-0.2, -0.15) is 0 Å². The largest absolute Gasteiger partial charge is 0.481 e. The van der Waals surface area contributed by atoms with Crippen molar-refractivity contribution >= 4 is 12.0 Å². The molecule has 1 aliphatic heterocycles. The van der Waals surface area contributed by atoms with E-state index in [2.05, 4.69) is 29.5 Å². The van der Waals surface area contributed by atoms with E-state index in [0.29, 0.717) is 6.04 Å². The summed E-state index contributed by atoms with van der Waals surface area (Å²) in [5, 5.41) is 14.1. The molecule has 1 saturated heterocycles. The number of nitrogens with one attached hydrogen (secondary N) is 2. The average Bonchev–Trinajstić information content (AvgIpc) is 2.21. The number of rotatable bonds is 4. The summed E-state index contributed by atoms with van der Waals surface area (Å²) in [5.41, 5.74) is 0. The molecule has 0 saturated carbocycles. The first-order valence-electron chi connectivity index (χ1n) is 6.37. The smallest absolute Gasteiger partial charge is 0.315 e. The van der Waals surface area contributed by atoms with Crippen molar-refractivity contribution in [2.45, 2.75) is 51.2 Å². The number of nitrogens with zero attached hydrogens (tertiary/aromatic N) is 1. The molecule has 1 rings (SSSR count). The summed E-state index contributed by atoms with van der Waals surface area (Å²) < 4.78 is 0. The minimum Gasteiger partial charge on any atom is -0.481 e. The number of aliphatic carboxylic acids is 1. The molecule has 0 radical (unpaired) electrons. The summed E-state index contributed by atoms with van der Waals surface area (Å²) in [6.07, 6.45) is 1.80. The molecule has 6 heteroatoms. The minimum absolute atomic E-state index is 0.0583. The second-order valence-corrected chi connectivity index (χ2v) is 5.17. The summed E-state index contributed by atoms with van der Waals surface area (Å²) in [4.78, 5) is 24.4. The zero-order valence-electron chi connectivity index (χ0n) is 11.3. The van der Waals surface area contributed by atoms with E-state index in [9.17, 15) is 9.59 Å². The van der Waals surface area contributed by atoms with Gasteiger partial charge in [-0.15, -0.1) is 0 Å². The molecule has 1 aliphatic rings. The summed E-state index contributed by atoms with van der Waals surface area (Å²) in [6, 6.07) is 0.00501. The third-order valence-corrected chi connectivity index (χ3v) is 3.40. The lowest BCUT2D eigenvalue weighted by Crippen LogP contribution is -2.51. The zero-order chi connectivity index (χ0) is 13.7. The molecule has 3 atom stereocenters. The number of piperidine rings is 1. The van der Waals surface area contributed by atoms with Crippen molar-refractivity contribution in [1.82, 2.24) is 15.5 Å². The molecule has 1 fully saturated rings. The number of carboxylic acid groups (broad SMARTS) is 1. The standard InChI is InChI=1S/C12H23N3O3/c1-8(6-11(16)17)13-12(18)14-10-4-5-15(3)9(2)7-10/h8-10H,4-7H2,1-3H3,(H,16,17)(H2,13,14,18). The van der Waals surface area contributed by atoms with Gasteiger partial charge in [-0.05, 0) is 33.7 Å². The average molecular weight is 257 g/mol. The molecule has 0 aromatic rings. The van der Waals surface area contributed by atoms with Crippen LogP contribution in [-0.2, 0) is 4.79 Å². The molecule has 3 unspecified atom stereocenters. The Hall–Kier alpha value is -1.30. The zero-order valence-corrected chi connectivity index (χ0v) is 11.3. The van der Waals surface area contributed by atoms with Gasteiger partial charge in [-0.25, -0.2) is 4.79 Å². The van der Waals surface area contributed by atoms with Crippen molar-refractivity contribution in [2.24, 2.45) is 0 Å². The third kappa shape index (κ3) is 4.91. The van der Waals surface area contributed by atoms with Crippen molar-refractivity contribution < 1.29 is 14.7 Å². The molecule has 0 aliphatic carbocycles. The van der Waals surface area contributed by atoms with Gasteiger partial charge in [0.1, 0.15) is 0 Å². The molecular weight excluding hydrogens is 234 g/mol. The molecular formula is C12H23N3O3. The van der Waals surface area contributed by atoms with Crippen LogP contribution in [0.15, 0.2) is 0 Å². The highest BCUT2D eigenvalue weighted by molar-refractivity contribution is 5.75. The van der Waals surface area contributed by atoms with Crippen LogP contribution in [0.5, 0.6) is 0 Å². The second kappa shape index (κ2) is 6.58. The highest BCUT2D eigenvalue weighted by Crippen LogP contribution is 2.15. The van der Waals surface area contributed by atoms with Crippen LogP contribution in [-0.4, -0.2) is 53.7 Å². The fourth-order valence-electron chi connectivity index (χ4n) is 2.18. The Labute approximate surface area is 108 Å². The quantitative estimate of drug-likeness (QED) is 0.690. The fraction of sp³-hybridized carbons (Fsp3) is 0.833. The summed E-state index contributed by atoms with van der Waals surface area (Å²) in [7, 11) is 2.08. The van der Waals surface area contributed by atoms with Gasteiger partial charge in [-0.3, -0.25) is 4.79 Å². The van der Waals surface area contributed by atoms with Crippen molar-refractivity contribution in [2.75, 3.05) is 13.6 Å².